The van der Waals surface area contributed by atoms with Crippen LogP contribution in [0.1, 0.15) is 5.56 Å². The zero-order valence-electron chi connectivity index (χ0n) is 24.7. The molecule has 0 fully saturated rings. The predicted octanol–water partition coefficient (Wildman–Crippen LogP) is 13.0. The third-order valence-corrected chi connectivity index (χ3v) is 11.2. The van der Waals surface area contributed by atoms with E-state index in [9.17, 15) is 5.26 Å². The number of hydrogen-bond acceptors (Lipinski definition) is 3. The molecule has 2 aromatic heterocycles. The SMILES string of the molecule is N#Cc1ccccc1-c1cc(-c2ccc3c(c2)sc2ccccc23)c(-c2ccccc2)c(-c2cccc3sc4ccccc4c23)c1. The van der Waals surface area contributed by atoms with E-state index in [1.165, 1.54) is 57.0 Å². The molecular formula is C43H25NS2. The molecule has 0 saturated heterocycles. The number of thiophene rings is 2. The molecule has 0 aliphatic rings. The Balaban J connectivity index is 1.43. The summed E-state index contributed by atoms with van der Waals surface area (Å²) in [5.41, 5.74) is 9.70. The standard InChI is InChI=1S/C43H25NS2/c44-26-29-13-4-5-14-31(29)30-23-36(28-21-22-33-32-15-6-8-18-38(32)46-41(33)25-28)42(27-11-2-1-3-12-27)37(24-30)34-17-10-20-40-43(34)35-16-7-9-19-39(35)45-40/h1-25H. The molecule has 3 heteroatoms. The molecule has 2 heterocycles. The largest absolute Gasteiger partial charge is 0.192 e. The van der Waals surface area contributed by atoms with Gasteiger partial charge in [-0.1, -0.05) is 109 Å². The first kappa shape index (κ1) is 26.8. The van der Waals surface area contributed by atoms with Gasteiger partial charge in [0.1, 0.15) is 0 Å². The lowest BCUT2D eigenvalue weighted by Crippen LogP contribution is -1.94. The quantitative estimate of drug-likeness (QED) is 0.192. The van der Waals surface area contributed by atoms with E-state index in [0.717, 1.165) is 27.8 Å². The summed E-state index contributed by atoms with van der Waals surface area (Å²) in [7, 11) is 0. The van der Waals surface area contributed by atoms with E-state index in [2.05, 4.69) is 140 Å². The van der Waals surface area contributed by atoms with Crippen molar-refractivity contribution in [1.82, 2.24) is 0 Å². The Hall–Kier alpha value is -5.53. The van der Waals surface area contributed by atoms with E-state index in [-0.39, 0.29) is 0 Å². The molecule has 9 aromatic rings. The highest BCUT2D eigenvalue weighted by molar-refractivity contribution is 7.26. The summed E-state index contributed by atoms with van der Waals surface area (Å²) in [4.78, 5) is 0. The van der Waals surface area contributed by atoms with Gasteiger partial charge >= 0.3 is 0 Å². The van der Waals surface area contributed by atoms with Crippen LogP contribution in [0.4, 0.5) is 0 Å². The van der Waals surface area contributed by atoms with E-state index >= 15 is 0 Å². The number of fused-ring (bicyclic) bond motifs is 6. The van der Waals surface area contributed by atoms with Gasteiger partial charge in [-0.25, -0.2) is 0 Å². The monoisotopic (exact) mass is 619 g/mol. The molecule has 9 rings (SSSR count). The van der Waals surface area contributed by atoms with Gasteiger partial charge in [-0.3, -0.25) is 0 Å². The van der Waals surface area contributed by atoms with Crippen LogP contribution in [0.15, 0.2) is 152 Å². The van der Waals surface area contributed by atoms with Crippen molar-refractivity contribution in [3.05, 3.63) is 157 Å². The topological polar surface area (TPSA) is 23.8 Å². The van der Waals surface area contributed by atoms with Gasteiger partial charge < -0.3 is 0 Å². The molecule has 0 atom stereocenters. The van der Waals surface area contributed by atoms with Gasteiger partial charge in [0.15, 0.2) is 0 Å². The third-order valence-electron chi connectivity index (χ3n) is 8.94. The lowest BCUT2D eigenvalue weighted by atomic mass is 9.83. The molecule has 0 saturated carbocycles. The first-order valence-electron chi connectivity index (χ1n) is 15.3. The van der Waals surface area contributed by atoms with Crippen LogP contribution in [0.3, 0.4) is 0 Å². The smallest absolute Gasteiger partial charge is 0.0998 e. The van der Waals surface area contributed by atoms with Crippen LogP contribution >= 0.6 is 22.7 Å². The van der Waals surface area contributed by atoms with Crippen molar-refractivity contribution in [2.24, 2.45) is 0 Å². The molecule has 214 valence electrons. The van der Waals surface area contributed by atoms with E-state index in [4.69, 9.17) is 0 Å². The van der Waals surface area contributed by atoms with Crippen molar-refractivity contribution in [3.8, 4) is 50.6 Å². The minimum Gasteiger partial charge on any atom is -0.192 e. The van der Waals surface area contributed by atoms with Gasteiger partial charge in [0.2, 0.25) is 0 Å². The summed E-state index contributed by atoms with van der Waals surface area (Å²) in [5.74, 6) is 0. The predicted molar refractivity (Wildman–Crippen MR) is 199 cm³/mol. The average molecular weight is 620 g/mol. The highest BCUT2D eigenvalue weighted by Crippen LogP contribution is 2.48. The molecule has 0 aliphatic heterocycles. The first-order chi connectivity index (χ1) is 22.8. The Kier molecular flexibility index (Phi) is 6.31. The maximum absolute atomic E-state index is 10.2. The molecule has 0 bridgehead atoms. The second-order valence-corrected chi connectivity index (χ2v) is 13.7. The van der Waals surface area contributed by atoms with E-state index in [1.54, 1.807) is 0 Å². The van der Waals surface area contributed by atoms with Crippen LogP contribution in [0, 0.1) is 11.3 Å². The number of benzene rings is 7. The van der Waals surface area contributed by atoms with Gasteiger partial charge in [0.25, 0.3) is 0 Å². The highest BCUT2D eigenvalue weighted by atomic mass is 32.1. The lowest BCUT2D eigenvalue weighted by molar-refractivity contribution is 1.48. The summed E-state index contributed by atoms with van der Waals surface area (Å²) >= 11 is 3.68. The van der Waals surface area contributed by atoms with Gasteiger partial charge in [0.05, 0.1) is 11.6 Å². The molecule has 0 aliphatic carbocycles. The van der Waals surface area contributed by atoms with Crippen LogP contribution in [-0.4, -0.2) is 0 Å². The molecule has 7 aromatic carbocycles. The molecular weight excluding hydrogens is 595 g/mol. The van der Waals surface area contributed by atoms with Crippen molar-refractivity contribution in [2.75, 3.05) is 0 Å². The van der Waals surface area contributed by atoms with Gasteiger partial charge in [-0.15, -0.1) is 22.7 Å². The normalized spacial score (nSPS) is 11.5. The zero-order valence-corrected chi connectivity index (χ0v) is 26.3. The van der Waals surface area contributed by atoms with Crippen molar-refractivity contribution in [3.63, 3.8) is 0 Å². The summed E-state index contributed by atoms with van der Waals surface area (Å²) in [6.45, 7) is 0. The van der Waals surface area contributed by atoms with E-state index in [0.29, 0.717) is 5.56 Å². The van der Waals surface area contributed by atoms with Crippen molar-refractivity contribution >= 4 is 63.0 Å². The highest BCUT2D eigenvalue weighted by Gasteiger charge is 2.21. The maximum atomic E-state index is 10.2. The summed E-state index contributed by atoms with van der Waals surface area (Å²) < 4.78 is 5.13. The van der Waals surface area contributed by atoms with Crippen LogP contribution in [0.25, 0.3) is 84.9 Å². The fourth-order valence-electron chi connectivity index (χ4n) is 6.88. The summed E-state index contributed by atoms with van der Waals surface area (Å²) in [6, 6.07) is 56.7. The Morgan fingerprint density at radius 1 is 0.391 bits per heavy atom. The number of nitriles is 1. The molecule has 0 unspecified atom stereocenters. The molecule has 0 N–H and O–H groups in total. The molecule has 0 spiro atoms. The van der Waals surface area contributed by atoms with Crippen LogP contribution < -0.4 is 0 Å². The Bertz CT molecular complexity index is 2650. The first-order valence-corrected chi connectivity index (χ1v) is 17.0. The van der Waals surface area contributed by atoms with Gasteiger partial charge in [0, 0.05) is 40.3 Å². The van der Waals surface area contributed by atoms with Crippen molar-refractivity contribution in [1.29, 1.82) is 5.26 Å². The van der Waals surface area contributed by atoms with E-state index < -0.39 is 0 Å². The minimum atomic E-state index is 0.672. The fourth-order valence-corrected chi connectivity index (χ4v) is 9.16. The second kappa shape index (κ2) is 10.8. The zero-order chi connectivity index (χ0) is 30.6. The summed E-state index contributed by atoms with van der Waals surface area (Å²) in [5, 5.41) is 15.3. The van der Waals surface area contributed by atoms with Crippen LogP contribution in [0.2, 0.25) is 0 Å². The second-order valence-electron chi connectivity index (χ2n) is 11.6. The molecule has 0 amide bonds. The van der Waals surface area contributed by atoms with Crippen molar-refractivity contribution < 1.29 is 0 Å². The van der Waals surface area contributed by atoms with Gasteiger partial charge in [-0.05, 0) is 87.0 Å². The minimum absolute atomic E-state index is 0.672. The van der Waals surface area contributed by atoms with Crippen molar-refractivity contribution in [2.45, 2.75) is 0 Å². The number of hydrogen-bond donors (Lipinski definition) is 0. The lowest BCUT2D eigenvalue weighted by Gasteiger charge is -2.20. The summed E-state index contributed by atoms with van der Waals surface area (Å²) in [6.07, 6.45) is 0. The average Bonchev–Trinajstić information content (AvgIpc) is 3.69. The molecule has 0 radical (unpaired) electrons. The third kappa shape index (κ3) is 4.27. The van der Waals surface area contributed by atoms with Crippen LogP contribution in [0.5, 0.6) is 0 Å². The Labute approximate surface area is 274 Å². The number of rotatable bonds is 4. The Morgan fingerprint density at radius 3 is 1.87 bits per heavy atom. The number of nitrogens with zero attached hydrogens (tertiary/aromatic N) is 1. The molecule has 46 heavy (non-hydrogen) atoms. The maximum Gasteiger partial charge on any atom is 0.0998 e. The van der Waals surface area contributed by atoms with Crippen LogP contribution in [-0.2, 0) is 0 Å². The molecule has 1 nitrogen and oxygen atoms in total. The van der Waals surface area contributed by atoms with Gasteiger partial charge in [-0.2, -0.15) is 5.26 Å². The fraction of sp³-hybridized carbons (Fsp3) is 0. The Morgan fingerprint density at radius 2 is 1.02 bits per heavy atom. The van der Waals surface area contributed by atoms with E-state index in [1.807, 2.05) is 40.9 Å².